The summed E-state index contributed by atoms with van der Waals surface area (Å²) in [6.45, 7) is 4.40. The molecule has 21 heavy (non-hydrogen) atoms. The van der Waals surface area contributed by atoms with Crippen molar-refractivity contribution in [2.24, 2.45) is 0 Å². The van der Waals surface area contributed by atoms with E-state index in [1.807, 2.05) is 23.5 Å². The number of hydrogen-bond donors (Lipinski definition) is 2. The lowest BCUT2D eigenvalue weighted by Crippen LogP contribution is -2.22. The Kier molecular flexibility index (Phi) is 3.94. The van der Waals surface area contributed by atoms with Gasteiger partial charge in [-0.05, 0) is 0 Å². The number of H-pyrrole nitrogens is 1. The van der Waals surface area contributed by atoms with Gasteiger partial charge in [0.05, 0.1) is 11.6 Å². The van der Waals surface area contributed by atoms with E-state index in [1.165, 1.54) is 6.33 Å². The number of aromatic amines is 1. The van der Waals surface area contributed by atoms with Crippen molar-refractivity contribution in [2.45, 2.75) is 29.6 Å². The summed E-state index contributed by atoms with van der Waals surface area (Å²) < 4.78 is 5.20. The number of nitrogens with one attached hydrogen (secondary N) is 1. The number of aromatic carboxylic acids is 1. The van der Waals surface area contributed by atoms with Crippen LogP contribution in [0.15, 0.2) is 10.9 Å². The lowest BCUT2D eigenvalue weighted by atomic mass is 10.3. The van der Waals surface area contributed by atoms with Gasteiger partial charge in [0.25, 0.3) is 5.89 Å². The van der Waals surface area contributed by atoms with Crippen LogP contribution in [0.1, 0.15) is 35.4 Å². The van der Waals surface area contributed by atoms with E-state index in [2.05, 4.69) is 34.0 Å². The van der Waals surface area contributed by atoms with Gasteiger partial charge in [-0.15, -0.1) is 11.8 Å². The van der Waals surface area contributed by atoms with Gasteiger partial charge in [-0.2, -0.15) is 16.7 Å². The number of imidazole rings is 1. The summed E-state index contributed by atoms with van der Waals surface area (Å²) in [5, 5.41) is 14.3. The molecule has 112 valence electrons. The number of carboxylic acid groups (broad SMARTS) is 1. The third kappa shape index (κ3) is 2.80. The zero-order valence-electron chi connectivity index (χ0n) is 11.4. The van der Waals surface area contributed by atoms with E-state index in [0.717, 1.165) is 5.75 Å². The molecule has 3 unspecified atom stereocenters. The van der Waals surface area contributed by atoms with E-state index in [1.54, 1.807) is 0 Å². The van der Waals surface area contributed by atoms with Crippen LogP contribution < -0.4 is 0 Å². The SMILES string of the molecule is CC1SCC(c2noc(-c3[nH]cnc3C(=O)O)n2)SC1C. The summed E-state index contributed by atoms with van der Waals surface area (Å²) in [4.78, 5) is 21.9. The Labute approximate surface area is 129 Å². The van der Waals surface area contributed by atoms with Crippen molar-refractivity contribution < 1.29 is 14.4 Å². The first-order chi connectivity index (χ1) is 10.1. The Hall–Kier alpha value is -1.48. The zero-order chi connectivity index (χ0) is 15.0. The molecule has 0 saturated carbocycles. The molecule has 2 aromatic heterocycles. The van der Waals surface area contributed by atoms with E-state index in [4.69, 9.17) is 9.63 Å². The molecule has 0 aromatic carbocycles. The second kappa shape index (κ2) is 5.72. The van der Waals surface area contributed by atoms with Crippen LogP contribution in [0.5, 0.6) is 0 Å². The lowest BCUT2D eigenvalue weighted by molar-refractivity contribution is 0.0691. The predicted octanol–water partition coefficient (Wildman–Crippen LogP) is 2.46. The van der Waals surface area contributed by atoms with Gasteiger partial charge in [-0.3, -0.25) is 0 Å². The molecule has 3 rings (SSSR count). The average Bonchev–Trinajstić information content (AvgIpc) is 3.09. The molecular formula is C12H14N4O3S2. The summed E-state index contributed by atoms with van der Waals surface area (Å²) >= 11 is 3.71. The summed E-state index contributed by atoms with van der Waals surface area (Å²) in [5.74, 6) is 0.559. The Morgan fingerprint density at radius 2 is 2.29 bits per heavy atom. The summed E-state index contributed by atoms with van der Waals surface area (Å²) in [6, 6.07) is 0. The Bertz CT molecular complexity index is 656. The third-order valence-corrected chi connectivity index (χ3v) is 6.72. The molecule has 0 aliphatic carbocycles. The maximum absolute atomic E-state index is 11.1. The number of aromatic nitrogens is 4. The minimum atomic E-state index is -1.13. The number of thioether (sulfide) groups is 2. The third-order valence-electron chi connectivity index (χ3n) is 3.34. The Balaban J connectivity index is 1.83. The largest absolute Gasteiger partial charge is 0.476 e. The highest BCUT2D eigenvalue weighted by Crippen LogP contribution is 2.43. The second-order valence-corrected chi connectivity index (χ2v) is 7.75. The van der Waals surface area contributed by atoms with Crippen molar-refractivity contribution in [3.63, 3.8) is 0 Å². The molecule has 3 atom stereocenters. The molecule has 0 bridgehead atoms. The van der Waals surface area contributed by atoms with Crippen LogP contribution in [-0.4, -0.2) is 47.4 Å². The molecule has 1 fully saturated rings. The molecule has 1 aliphatic rings. The molecule has 0 radical (unpaired) electrons. The maximum atomic E-state index is 11.1. The Morgan fingerprint density at radius 1 is 1.48 bits per heavy atom. The van der Waals surface area contributed by atoms with Gasteiger partial charge in [-0.25, -0.2) is 9.78 Å². The summed E-state index contributed by atoms with van der Waals surface area (Å²) in [7, 11) is 0. The van der Waals surface area contributed by atoms with E-state index >= 15 is 0 Å². The van der Waals surface area contributed by atoms with Crippen molar-refractivity contribution in [3.8, 4) is 11.6 Å². The number of rotatable bonds is 3. The molecule has 2 N–H and O–H groups in total. The molecule has 9 heteroatoms. The van der Waals surface area contributed by atoms with E-state index in [-0.39, 0.29) is 22.5 Å². The normalized spacial score (nSPS) is 25.9. The van der Waals surface area contributed by atoms with Gasteiger partial charge in [0.1, 0.15) is 5.69 Å². The predicted molar refractivity (Wildman–Crippen MR) is 80.6 cm³/mol. The number of hydrogen-bond acceptors (Lipinski definition) is 7. The monoisotopic (exact) mass is 326 g/mol. The van der Waals surface area contributed by atoms with Gasteiger partial charge in [0.15, 0.2) is 11.5 Å². The van der Waals surface area contributed by atoms with Crippen molar-refractivity contribution in [3.05, 3.63) is 17.8 Å². The van der Waals surface area contributed by atoms with Crippen molar-refractivity contribution in [2.75, 3.05) is 5.75 Å². The number of carboxylic acids is 1. The topological polar surface area (TPSA) is 105 Å². The minimum absolute atomic E-state index is 0.113. The summed E-state index contributed by atoms with van der Waals surface area (Å²) in [5.41, 5.74) is 0.133. The van der Waals surface area contributed by atoms with Gasteiger partial charge in [-0.1, -0.05) is 19.0 Å². The van der Waals surface area contributed by atoms with Gasteiger partial charge >= 0.3 is 5.97 Å². The molecule has 2 aromatic rings. The average molecular weight is 326 g/mol. The van der Waals surface area contributed by atoms with E-state index in [0.29, 0.717) is 16.3 Å². The highest BCUT2D eigenvalue weighted by atomic mass is 32.2. The molecule has 0 amide bonds. The number of carbonyl (C=O) groups is 1. The fraction of sp³-hybridized carbons (Fsp3) is 0.500. The zero-order valence-corrected chi connectivity index (χ0v) is 13.1. The fourth-order valence-corrected chi connectivity index (χ4v) is 4.84. The van der Waals surface area contributed by atoms with Crippen LogP contribution in [-0.2, 0) is 0 Å². The fourth-order valence-electron chi connectivity index (χ4n) is 2.01. The minimum Gasteiger partial charge on any atom is -0.476 e. The number of nitrogens with zero attached hydrogens (tertiary/aromatic N) is 3. The van der Waals surface area contributed by atoms with Crippen LogP contribution >= 0.6 is 23.5 Å². The molecule has 1 aliphatic heterocycles. The van der Waals surface area contributed by atoms with Gasteiger partial charge in [0, 0.05) is 16.3 Å². The van der Waals surface area contributed by atoms with Crippen molar-refractivity contribution in [1.82, 2.24) is 20.1 Å². The molecule has 7 nitrogen and oxygen atoms in total. The highest BCUT2D eigenvalue weighted by molar-refractivity contribution is 8.07. The van der Waals surface area contributed by atoms with E-state index < -0.39 is 5.97 Å². The van der Waals surface area contributed by atoms with Crippen molar-refractivity contribution >= 4 is 29.5 Å². The van der Waals surface area contributed by atoms with Crippen LogP contribution in [0.2, 0.25) is 0 Å². The van der Waals surface area contributed by atoms with Gasteiger partial charge < -0.3 is 14.6 Å². The first-order valence-electron chi connectivity index (χ1n) is 6.44. The first kappa shape index (κ1) is 14.5. The molecular weight excluding hydrogens is 312 g/mol. The second-order valence-electron chi connectivity index (χ2n) is 4.76. The standard InChI is InChI=1S/C12H14N4O3S2/c1-5-6(2)21-7(3-20-5)10-15-11(19-16-10)8-9(12(17)18)14-4-13-8/h4-7H,3H2,1-2H3,(H,13,14)(H,17,18). The summed E-state index contributed by atoms with van der Waals surface area (Å²) in [6.07, 6.45) is 1.30. The quantitative estimate of drug-likeness (QED) is 0.886. The van der Waals surface area contributed by atoms with Crippen LogP contribution in [0, 0.1) is 0 Å². The molecule has 0 spiro atoms. The molecule has 3 heterocycles. The van der Waals surface area contributed by atoms with Crippen LogP contribution in [0.3, 0.4) is 0 Å². The Morgan fingerprint density at radius 3 is 3.00 bits per heavy atom. The lowest BCUT2D eigenvalue weighted by Gasteiger charge is -2.29. The molecule has 1 saturated heterocycles. The van der Waals surface area contributed by atoms with Gasteiger partial charge in [0.2, 0.25) is 0 Å². The van der Waals surface area contributed by atoms with E-state index in [9.17, 15) is 4.79 Å². The maximum Gasteiger partial charge on any atom is 0.356 e. The van der Waals surface area contributed by atoms with Crippen LogP contribution in [0.25, 0.3) is 11.6 Å². The highest BCUT2D eigenvalue weighted by Gasteiger charge is 2.30. The smallest absolute Gasteiger partial charge is 0.356 e. The first-order valence-corrected chi connectivity index (χ1v) is 8.43. The van der Waals surface area contributed by atoms with Crippen LogP contribution in [0.4, 0.5) is 0 Å². The van der Waals surface area contributed by atoms with Crippen molar-refractivity contribution in [1.29, 1.82) is 0 Å².